The van der Waals surface area contributed by atoms with Crippen LogP contribution in [0.4, 0.5) is 0 Å². The van der Waals surface area contributed by atoms with E-state index in [0.717, 1.165) is 30.7 Å². The summed E-state index contributed by atoms with van der Waals surface area (Å²) in [5, 5.41) is 2.95. The van der Waals surface area contributed by atoms with Crippen molar-refractivity contribution in [3.63, 3.8) is 0 Å². The number of rotatable bonds is 9. The van der Waals surface area contributed by atoms with E-state index in [1.807, 2.05) is 24.3 Å². The first-order chi connectivity index (χ1) is 13.3. The van der Waals surface area contributed by atoms with Gasteiger partial charge in [-0.1, -0.05) is 32.0 Å². The number of amides is 1. The van der Waals surface area contributed by atoms with Crippen molar-refractivity contribution >= 4 is 15.7 Å². The average Bonchev–Trinajstić information content (AvgIpc) is 2.70. The highest BCUT2D eigenvalue weighted by Crippen LogP contribution is 2.24. The van der Waals surface area contributed by atoms with Gasteiger partial charge in [0.05, 0.1) is 18.0 Å². The number of hydrogen-bond donors (Lipinski definition) is 1. The Labute approximate surface area is 167 Å². The van der Waals surface area contributed by atoms with Crippen molar-refractivity contribution in [2.45, 2.75) is 24.8 Å². The van der Waals surface area contributed by atoms with Gasteiger partial charge in [-0.15, -0.1) is 0 Å². The Morgan fingerprint density at radius 3 is 2.39 bits per heavy atom. The predicted octanol–water partition coefficient (Wildman–Crippen LogP) is 2.91. The lowest BCUT2D eigenvalue weighted by molar-refractivity contribution is 0.0934. The molecule has 2 aromatic rings. The minimum Gasteiger partial charge on any atom is -0.497 e. The van der Waals surface area contributed by atoms with Crippen LogP contribution >= 0.6 is 0 Å². The number of carbonyl (C=O) groups excluding carboxylic acids is 1. The molecule has 0 aliphatic carbocycles. The molecule has 0 bridgehead atoms. The second-order valence-electron chi connectivity index (χ2n) is 6.52. The lowest BCUT2D eigenvalue weighted by Crippen LogP contribution is -2.38. The second kappa shape index (κ2) is 9.71. The molecule has 0 radical (unpaired) electrons. The van der Waals surface area contributed by atoms with Crippen molar-refractivity contribution in [1.82, 2.24) is 10.2 Å². The first-order valence-corrected chi connectivity index (χ1v) is 11.2. The van der Waals surface area contributed by atoms with Gasteiger partial charge in [0, 0.05) is 18.4 Å². The number of methoxy groups -OCH3 is 1. The molecule has 1 N–H and O–H groups in total. The summed E-state index contributed by atoms with van der Waals surface area (Å²) in [6.07, 6.45) is 1.13. The molecule has 152 valence electrons. The third-order valence-corrected chi connectivity index (χ3v) is 5.82. The minimum absolute atomic E-state index is 0.0212. The van der Waals surface area contributed by atoms with Gasteiger partial charge in [-0.2, -0.15) is 0 Å². The van der Waals surface area contributed by atoms with Crippen LogP contribution < -0.4 is 10.1 Å². The van der Waals surface area contributed by atoms with Gasteiger partial charge in [-0.05, 0) is 49.0 Å². The number of hydrogen-bond acceptors (Lipinski definition) is 5. The number of ether oxygens (including phenoxy) is 1. The second-order valence-corrected chi connectivity index (χ2v) is 8.54. The van der Waals surface area contributed by atoms with Crippen molar-refractivity contribution in [2.24, 2.45) is 0 Å². The van der Waals surface area contributed by atoms with Gasteiger partial charge in [0.25, 0.3) is 5.91 Å². The molecule has 0 aliphatic rings. The largest absolute Gasteiger partial charge is 0.497 e. The van der Waals surface area contributed by atoms with Crippen molar-refractivity contribution in [3.8, 4) is 5.75 Å². The Hall–Kier alpha value is -2.38. The van der Waals surface area contributed by atoms with E-state index in [1.165, 1.54) is 12.1 Å². The minimum atomic E-state index is -3.36. The Morgan fingerprint density at radius 1 is 1.11 bits per heavy atom. The standard InChI is InChI=1S/C21H28N2O4S/c1-5-23(6-2)20(16-9-7-11-18(13-16)27-3)15-22-21(24)17-10-8-12-19(14-17)28(4,25)26/h7-14,20H,5-6,15H2,1-4H3,(H,22,24)/t20-/m0/s1. The molecule has 1 amide bonds. The van der Waals surface area contributed by atoms with E-state index in [1.54, 1.807) is 19.2 Å². The molecule has 2 aromatic carbocycles. The topological polar surface area (TPSA) is 75.7 Å². The molecule has 0 saturated heterocycles. The lowest BCUT2D eigenvalue weighted by Gasteiger charge is -2.30. The molecule has 0 fully saturated rings. The number of likely N-dealkylation sites (N-methyl/N-ethyl adjacent to an activating group) is 1. The van der Waals surface area contributed by atoms with Gasteiger partial charge in [-0.25, -0.2) is 8.42 Å². The van der Waals surface area contributed by atoms with Gasteiger partial charge in [-0.3, -0.25) is 9.69 Å². The fourth-order valence-electron chi connectivity index (χ4n) is 3.13. The van der Waals surface area contributed by atoms with E-state index in [2.05, 4.69) is 24.1 Å². The molecule has 28 heavy (non-hydrogen) atoms. The van der Waals surface area contributed by atoms with Gasteiger partial charge < -0.3 is 10.1 Å². The first-order valence-electron chi connectivity index (χ1n) is 9.26. The molecular weight excluding hydrogens is 376 g/mol. The summed E-state index contributed by atoms with van der Waals surface area (Å²) < 4.78 is 28.8. The zero-order valence-electron chi connectivity index (χ0n) is 16.8. The molecule has 0 aliphatic heterocycles. The summed E-state index contributed by atoms with van der Waals surface area (Å²) in [5.41, 5.74) is 1.38. The zero-order chi connectivity index (χ0) is 20.7. The van der Waals surface area contributed by atoms with Crippen molar-refractivity contribution in [1.29, 1.82) is 0 Å². The summed E-state index contributed by atoms with van der Waals surface area (Å²) in [4.78, 5) is 15.0. The molecule has 0 heterocycles. The molecule has 6 nitrogen and oxygen atoms in total. The number of nitrogens with one attached hydrogen (secondary N) is 1. The van der Waals surface area contributed by atoms with Crippen LogP contribution in [0, 0.1) is 0 Å². The van der Waals surface area contributed by atoms with Crippen LogP contribution in [-0.4, -0.2) is 52.2 Å². The Kier molecular flexibility index (Phi) is 7.60. The molecular formula is C21H28N2O4S. The summed E-state index contributed by atoms with van der Waals surface area (Å²) in [6.45, 7) is 6.22. The third-order valence-electron chi connectivity index (χ3n) is 4.71. The Bertz CT molecular complexity index is 908. The molecule has 7 heteroatoms. The van der Waals surface area contributed by atoms with E-state index in [-0.39, 0.29) is 16.8 Å². The fourth-order valence-corrected chi connectivity index (χ4v) is 3.80. The van der Waals surface area contributed by atoms with Gasteiger partial charge in [0.15, 0.2) is 9.84 Å². The van der Waals surface area contributed by atoms with Crippen LogP contribution in [0.3, 0.4) is 0 Å². The normalized spacial score (nSPS) is 12.6. The third kappa shape index (κ3) is 5.56. The van der Waals surface area contributed by atoms with E-state index in [0.29, 0.717) is 12.1 Å². The average molecular weight is 405 g/mol. The quantitative estimate of drug-likeness (QED) is 0.695. The van der Waals surface area contributed by atoms with Crippen LogP contribution in [0.25, 0.3) is 0 Å². The molecule has 0 spiro atoms. The maximum atomic E-state index is 12.6. The fraction of sp³-hybridized carbons (Fsp3) is 0.381. The highest BCUT2D eigenvalue weighted by atomic mass is 32.2. The maximum Gasteiger partial charge on any atom is 0.251 e. The van der Waals surface area contributed by atoms with Crippen molar-refractivity contribution in [2.75, 3.05) is 33.0 Å². The number of sulfone groups is 1. The summed E-state index contributed by atoms with van der Waals surface area (Å²) in [5.74, 6) is 0.465. The smallest absolute Gasteiger partial charge is 0.251 e. The molecule has 1 atom stereocenters. The number of nitrogens with zero attached hydrogens (tertiary/aromatic N) is 1. The molecule has 2 rings (SSSR count). The SMILES string of the molecule is CCN(CC)[C@@H](CNC(=O)c1cccc(S(C)(=O)=O)c1)c1cccc(OC)c1. The molecule has 0 aromatic heterocycles. The van der Waals surface area contributed by atoms with Crippen LogP contribution in [-0.2, 0) is 9.84 Å². The van der Waals surface area contributed by atoms with Gasteiger partial charge in [0.1, 0.15) is 5.75 Å². The predicted molar refractivity (Wildman–Crippen MR) is 111 cm³/mol. The highest BCUT2D eigenvalue weighted by molar-refractivity contribution is 7.90. The molecule has 0 unspecified atom stereocenters. The van der Waals surface area contributed by atoms with E-state index in [9.17, 15) is 13.2 Å². The van der Waals surface area contributed by atoms with Crippen molar-refractivity contribution < 1.29 is 17.9 Å². The monoisotopic (exact) mass is 404 g/mol. The van der Waals surface area contributed by atoms with Crippen LogP contribution in [0.1, 0.15) is 35.8 Å². The number of carbonyl (C=O) groups is 1. The van der Waals surface area contributed by atoms with Crippen LogP contribution in [0.2, 0.25) is 0 Å². The van der Waals surface area contributed by atoms with Gasteiger partial charge in [0.2, 0.25) is 0 Å². The Morgan fingerprint density at radius 2 is 1.79 bits per heavy atom. The van der Waals surface area contributed by atoms with E-state index in [4.69, 9.17) is 4.74 Å². The zero-order valence-corrected chi connectivity index (χ0v) is 17.6. The van der Waals surface area contributed by atoms with Crippen molar-refractivity contribution in [3.05, 3.63) is 59.7 Å². The maximum absolute atomic E-state index is 12.6. The van der Waals surface area contributed by atoms with Crippen LogP contribution in [0.15, 0.2) is 53.4 Å². The van der Waals surface area contributed by atoms with E-state index < -0.39 is 9.84 Å². The van der Waals surface area contributed by atoms with Gasteiger partial charge >= 0.3 is 0 Å². The first kappa shape index (κ1) is 21.9. The Balaban J connectivity index is 2.22. The summed E-state index contributed by atoms with van der Waals surface area (Å²) in [6, 6.07) is 13.9. The molecule has 0 saturated carbocycles. The number of benzene rings is 2. The lowest BCUT2D eigenvalue weighted by atomic mass is 10.0. The summed E-state index contributed by atoms with van der Waals surface area (Å²) >= 11 is 0. The van der Waals surface area contributed by atoms with Crippen LogP contribution in [0.5, 0.6) is 5.75 Å². The summed E-state index contributed by atoms with van der Waals surface area (Å²) in [7, 11) is -1.74. The van der Waals surface area contributed by atoms with E-state index >= 15 is 0 Å². The highest BCUT2D eigenvalue weighted by Gasteiger charge is 2.20.